The van der Waals surface area contributed by atoms with Crippen molar-refractivity contribution in [2.24, 2.45) is 0 Å². The SMILES string of the molecule is [2H]c1c([2H])c([2H])c(-c2c3c([2H])c([2H])c([2H])c([2H])c3c(-c3c([2H])c([2H])c([2H])c(-c4c([2H])c([2H])c([2H])c5c([2H])c([2H])c([2H])c([2H])c45)c3[2H])c3c([2H])c([2H])c(-c4c([2H])c([2H])c5c([2H])c([2H])c([2H])c([2H])c5c4[2H])c([2H])c23)c([2H])c1[2H]. The van der Waals surface area contributed by atoms with Crippen LogP contribution in [-0.4, -0.2) is 0 Å². The first-order valence-electron chi connectivity index (χ1n) is 28.5. The largest absolute Gasteiger partial charge is 0.0636 e. The Hall–Kier alpha value is -5.98. The van der Waals surface area contributed by atoms with E-state index in [-0.39, 0.29) is 0 Å². The van der Waals surface area contributed by atoms with Gasteiger partial charge in [-0.1, -0.05) is 163 Å². The van der Waals surface area contributed by atoms with Crippen molar-refractivity contribution in [1.29, 1.82) is 0 Å². The van der Waals surface area contributed by atoms with Crippen LogP contribution in [0, 0.1) is 0 Å². The summed E-state index contributed by atoms with van der Waals surface area (Å²) in [5.74, 6) is 0. The van der Waals surface area contributed by atoms with E-state index in [4.69, 9.17) is 26.0 Å². The molecule has 9 rings (SSSR count). The van der Waals surface area contributed by atoms with Crippen LogP contribution in [0.2, 0.25) is 0 Å². The molecule has 0 N–H and O–H groups in total. The Morgan fingerprint density at radius 2 is 0.804 bits per heavy atom. The van der Waals surface area contributed by atoms with Crippen molar-refractivity contribution in [1.82, 2.24) is 0 Å². The van der Waals surface area contributed by atoms with Gasteiger partial charge in [0, 0.05) is 0 Å². The summed E-state index contributed by atoms with van der Waals surface area (Å²) in [4.78, 5) is 0. The smallest absolute Gasteiger partial charge is 0.0622 e. The number of fused-ring (bicyclic) bond motifs is 4. The van der Waals surface area contributed by atoms with E-state index in [0.29, 0.717) is 0 Å². The fourth-order valence-corrected chi connectivity index (χ4v) is 5.22. The fraction of sp³-hybridized carbons (Fsp3) is 0. The lowest BCUT2D eigenvalue weighted by molar-refractivity contribution is 1.62. The Labute approximate surface area is 311 Å². The van der Waals surface area contributed by atoms with Crippen molar-refractivity contribution < 1.29 is 41.1 Å². The molecule has 0 amide bonds. The third-order valence-electron chi connectivity index (χ3n) is 7.19. The van der Waals surface area contributed by atoms with Gasteiger partial charge in [-0.15, -0.1) is 0 Å². The lowest BCUT2D eigenvalue weighted by atomic mass is 9.84. The summed E-state index contributed by atoms with van der Waals surface area (Å²) < 4.78 is 270. The van der Waals surface area contributed by atoms with Gasteiger partial charge in [-0.25, -0.2) is 0 Å². The Morgan fingerprint density at radius 1 is 0.261 bits per heavy atom. The molecule has 0 heteroatoms. The zero-order valence-corrected chi connectivity index (χ0v) is 23.0. The highest BCUT2D eigenvalue weighted by atomic mass is 14.2. The van der Waals surface area contributed by atoms with Gasteiger partial charge in [0.05, 0.1) is 41.1 Å². The van der Waals surface area contributed by atoms with E-state index in [1.54, 1.807) is 0 Å². The highest BCUT2D eigenvalue weighted by Gasteiger charge is 2.18. The molecule has 0 atom stereocenters. The van der Waals surface area contributed by atoms with Crippen LogP contribution in [0.25, 0.3) is 87.6 Å². The number of hydrogen-bond acceptors (Lipinski definition) is 0. The second kappa shape index (κ2) is 10.9. The molecule has 214 valence electrons. The summed E-state index contributed by atoms with van der Waals surface area (Å²) in [7, 11) is 0. The molecule has 0 aliphatic rings. The molecule has 0 saturated heterocycles. The predicted molar refractivity (Wildman–Crippen MR) is 198 cm³/mol. The molecule has 0 heterocycles. The van der Waals surface area contributed by atoms with Crippen LogP contribution in [0.5, 0.6) is 0 Å². The van der Waals surface area contributed by atoms with Gasteiger partial charge < -0.3 is 0 Å². The van der Waals surface area contributed by atoms with Crippen molar-refractivity contribution >= 4 is 43.1 Å². The maximum atomic E-state index is 10.1. The van der Waals surface area contributed by atoms with Crippen molar-refractivity contribution in [3.05, 3.63) is 181 Å². The van der Waals surface area contributed by atoms with Gasteiger partial charge in [0.25, 0.3) is 0 Å². The van der Waals surface area contributed by atoms with E-state index in [1.807, 2.05) is 0 Å². The summed E-state index contributed by atoms with van der Waals surface area (Å²) in [6.45, 7) is 0. The molecule has 0 aliphatic heterocycles. The summed E-state index contributed by atoms with van der Waals surface area (Å²) in [5.41, 5.74) is -7.13. The monoisotopic (exact) mass is 612 g/mol. The summed E-state index contributed by atoms with van der Waals surface area (Å²) in [6.07, 6.45) is 0. The summed E-state index contributed by atoms with van der Waals surface area (Å²) >= 11 is 0. The number of hydrogen-bond donors (Lipinski definition) is 0. The van der Waals surface area contributed by atoms with E-state index in [1.165, 1.54) is 0 Å². The van der Waals surface area contributed by atoms with Gasteiger partial charge in [-0.05, 0) is 106 Å². The van der Waals surface area contributed by atoms with E-state index in [0.717, 1.165) is 0 Å². The van der Waals surface area contributed by atoms with Gasteiger partial charge in [0.15, 0.2) is 0 Å². The van der Waals surface area contributed by atoms with Gasteiger partial charge in [-0.3, -0.25) is 0 Å². The Balaban J connectivity index is 1.66. The van der Waals surface area contributed by atoms with Crippen molar-refractivity contribution in [3.63, 3.8) is 0 Å². The fourth-order valence-electron chi connectivity index (χ4n) is 5.22. The van der Waals surface area contributed by atoms with Crippen LogP contribution in [0.3, 0.4) is 0 Å². The molecule has 46 heavy (non-hydrogen) atoms. The van der Waals surface area contributed by atoms with Crippen LogP contribution in [-0.2, 0) is 0 Å². The summed E-state index contributed by atoms with van der Waals surface area (Å²) in [6, 6.07) is -30.3. The molecule has 0 unspecified atom stereocenters. The molecule has 0 aromatic heterocycles. The van der Waals surface area contributed by atoms with E-state index < -0.39 is 269 Å². The van der Waals surface area contributed by atoms with Crippen LogP contribution in [0.4, 0.5) is 0 Å². The molecule has 0 saturated carbocycles. The van der Waals surface area contributed by atoms with Crippen LogP contribution >= 0.6 is 0 Å². The first-order chi connectivity index (χ1) is 35.3. The quantitative estimate of drug-likeness (QED) is 0.173. The lowest BCUT2D eigenvalue weighted by Gasteiger charge is -2.19. The molecule has 9 aromatic carbocycles. The van der Waals surface area contributed by atoms with Crippen LogP contribution < -0.4 is 0 Å². The number of benzene rings is 9. The predicted octanol–water partition coefficient (Wildman–Crippen LogP) is 13.0. The maximum absolute atomic E-state index is 10.1. The van der Waals surface area contributed by atoms with E-state index in [2.05, 4.69) is 0 Å². The van der Waals surface area contributed by atoms with E-state index in [9.17, 15) is 15.1 Å². The lowest BCUT2D eigenvalue weighted by Crippen LogP contribution is -1.92. The average Bonchev–Trinajstić information content (AvgIpc) is 3.40. The third-order valence-corrected chi connectivity index (χ3v) is 7.19. The van der Waals surface area contributed by atoms with Gasteiger partial charge in [-0.2, -0.15) is 0 Å². The summed E-state index contributed by atoms with van der Waals surface area (Å²) in [5, 5.41) is -6.10. The van der Waals surface area contributed by atoms with Crippen molar-refractivity contribution in [2.45, 2.75) is 0 Å². The zero-order chi connectivity index (χ0) is 56.6. The second-order valence-corrected chi connectivity index (χ2v) is 9.75. The topological polar surface area (TPSA) is 0 Å². The third kappa shape index (κ3) is 4.38. The zero-order valence-electron chi connectivity index (χ0n) is 53.0. The minimum atomic E-state index is -1.17. The standard InChI is InChI=1S/C46H30/c1-2-14-33(15-3-1)45-41-21-8-9-22-42(41)46(38-19-10-18-37(29-38)40-23-11-17-32-13-6-7-20-39(32)40)43-27-26-36(30-44(43)45)35-25-24-31-12-4-5-16-34(31)28-35/h1-30H/i1D,2D,3D,4D,5D,6D,7D,8D,9D,10D,11D,12D,13D,14D,15D,16D,17D,18D,19D,20D,21D,22D,23D,24D,25D,26D,27D,28D,29D,30D. The van der Waals surface area contributed by atoms with Gasteiger partial charge in [0.1, 0.15) is 0 Å². The van der Waals surface area contributed by atoms with Gasteiger partial charge >= 0.3 is 0 Å². The van der Waals surface area contributed by atoms with Gasteiger partial charge in [0.2, 0.25) is 0 Å². The average molecular weight is 613 g/mol. The molecule has 9 aromatic rings. The second-order valence-electron chi connectivity index (χ2n) is 9.75. The Kier molecular flexibility index (Phi) is 2.37. The van der Waals surface area contributed by atoms with E-state index >= 15 is 0 Å². The molecule has 0 bridgehead atoms. The molecular weight excluding hydrogens is 553 g/mol. The molecule has 0 spiro atoms. The minimum Gasteiger partial charge on any atom is -0.0622 e. The first-order valence-corrected chi connectivity index (χ1v) is 13.5. The Morgan fingerprint density at radius 3 is 1.63 bits per heavy atom. The molecular formula is C46H30. The Bertz CT molecular complexity index is 4240. The molecule has 0 aliphatic carbocycles. The first kappa shape index (κ1) is 10.0. The highest BCUT2D eigenvalue weighted by Crippen LogP contribution is 2.45. The van der Waals surface area contributed by atoms with Crippen LogP contribution in [0.1, 0.15) is 41.1 Å². The minimum absolute atomic E-state index is 0.612. The van der Waals surface area contributed by atoms with Crippen LogP contribution in [0.15, 0.2) is 181 Å². The molecule has 0 nitrogen and oxygen atoms in total. The maximum Gasteiger partial charge on any atom is 0.0636 e. The van der Waals surface area contributed by atoms with Crippen molar-refractivity contribution in [3.8, 4) is 44.5 Å². The normalized spacial score (nSPS) is 20.6. The highest BCUT2D eigenvalue weighted by molar-refractivity contribution is 6.22. The molecule has 0 fully saturated rings. The number of rotatable bonds is 4. The molecule has 0 radical (unpaired) electrons. The van der Waals surface area contributed by atoms with Crippen molar-refractivity contribution in [2.75, 3.05) is 0 Å².